The summed E-state index contributed by atoms with van der Waals surface area (Å²) in [5, 5.41) is 0. The number of hydrogen-bond donors (Lipinski definition) is 0. The number of rotatable bonds is 12. The molecule has 0 aromatic heterocycles. The van der Waals surface area contributed by atoms with E-state index in [1.165, 1.54) is 57.5 Å². The Kier molecular flexibility index (Phi) is 15.3. The van der Waals surface area contributed by atoms with Gasteiger partial charge in [-0.2, -0.15) is 0 Å². The number of benzene rings is 2. The minimum absolute atomic E-state index is 0. The van der Waals surface area contributed by atoms with Crippen molar-refractivity contribution in [3.8, 4) is 5.75 Å². The number of amides is 1. The zero-order chi connectivity index (χ0) is 26.7. The molecule has 0 aliphatic carbocycles. The highest BCUT2D eigenvalue weighted by atomic mass is 35.5. The zero-order valence-electron chi connectivity index (χ0n) is 24.2. The van der Waals surface area contributed by atoms with Gasteiger partial charge < -0.3 is 19.4 Å². The Labute approximate surface area is 253 Å². The van der Waals surface area contributed by atoms with E-state index in [9.17, 15) is 9.18 Å². The highest BCUT2D eigenvalue weighted by Gasteiger charge is 2.28. The Morgan fingerprint density at radius 1 is 0.875 bits per heavy atom. The highest BCUT2D eigenvalue weighted by molar-refractivity contribution is 5.85. The number of likely N-dealkylation sites (tertiary alicyclic amines) is 2. The van der Waals surface area contributed by atoms with Gasteiger partial charge in [-0.15, -0.1) is 24.8 Å². The van der Waals surface area contributed by atoms with Crippen molar-refractivity contribution in [2.45, 2.75) is 71.4 Å². The van der Waals surface area contributed by atoms with Gasteiger partial charge in [0.15, 0.2) is 0 Å². The first-order valence-corrected chi connectivity index (χ1v) is 14.7. The SMILES string of the molecule is CC(C)COc1ccc(CC(=O)N(Cc2ccc(F)cc2)C2CCN(CCCN3CCCCC3)CC2)cc1.Cl.Cl. The summed E-state index contributed by atoms with van der Waals surface area (Å²) in [6.07, 6.45) is 7.63. The third-order valence-electron chi connectivity index (χ3n) is 7.84. The molecule has 2 aliphatic heterocycles. The fourth-order valence-corrected chi connectivity index (χ4v) is 5.61. The third-order valence-corrected chi connectivity index (χ3v) is 7.84. The second-order valence-electron chi connectivity index (χ2n) is 11.5. The lowest BCUT2D eigenvalue weighted by molar-refractivity contribution is -0.134. The second-order valence-corrected chi connectivity index (χ2v) is 11.5. The number of nitrogens with zero attached hydrogens (tertiary/aromatic N) is 3. The van der Waals surface area contributed by atoms with E-state index in [1.807, 2.05) is 29.2 Å². The zero-order valence-corrected chi connectivity index (χ0v) is 25.9. The lowest BCUT2D eigenvalue weighted by Crippen LogP contribution is -2.48. The Hall–Kier alpha value is -1.86. The van der Waals surface area contributed by atoms with E-state index in [-0.39, 0.29) is 42.6 Å². The van der Waals surface area contributed by atoms with Gasteiger partial charge in [-0.1, -0.05) is 44.5 Å². The summed E-state index contributed by atoms with van der Waals surface area (Å²) in [5.41, 5.74) is 1.97. The molecule has 0 unspecified atom stereocenters. The predicted octanol–water partition coefficient (Wildman–Crippen LogP) is 6.62. The first kappa shape index (κ1) is 34.3. The lowest BCUT2D eigenvalue weighted by Gasteiger charge is -2.39. The van der Waals surface area contributed by atoms with Gasteiger partial charge in [0.1, 0.15) is 11.6 Å². The number of hydrogen-bond acceptors (Lipinski definition) is 4. The Morgan fingerprint density at radius 3 is 2.05 bits per heavy atom. The van der Waals surface area contributed by atoms with Gasteiger partial charge in [-0.3, -0.25) is 4.79 Å². The normalized spacial score (nSPS) is 16.7. The molecule has 8 heteroatoms. The van der Waals surface area contributed by atoms with Crippen LogP contribution < -0.4 is 4.74 Å². The fraction of sp³-hybridized carbons (Fsp3) is 0.594. The van der Waals surface area contributed by atoms with E-state index < -0.39 is 0 Å². The van der Waals surface area contributed by atoms with Gasteiger partial charge in [0.2, 0.25) is 5.91 Å². The van der Waals surface area contributed by atoms with Crippen molar-refractivity contribution in [1.82, 2.24) is 14.7 Å². The Balaban J connectivity index is 0.00000280. The molecule has 4 rings (SSSR count). The Morgan fingerprint density at radius 2 is 1.45 bits per heavy atom. The van der Waals surface area contributed by atoms with Crippen molar-refractivity contribution in [2.24, 2.45) is 5.92 Å². The quantitative estimate of drug-likeness (QED) is 0.276. The molecule has 0 atom stereocenters. The van der Waals surface area contributed by atoms with Crippen molar-refractivity contribution in [3.05, 3.63) is 65.5 Å². The van der Waals surface area contributed by atoms with E-state index in [2.05, 4.69) is 23.6 Å². The molecular weight excluding hydrogens is 548 g/mol. The first-order valence-electron chi connectivity index (χ1n) is 14.7. The number of halogens is 3. The van der Waals surface area contributed by atoms with Crippen LogP contribution in [0.5, 0.6) is 5.75 Å². The molecule has 2 aliphatic rings. The third kappa shape index (κ3) is 11.2. The number of piperidine rings is 2. The van der Waals surface area contributed by atoms with Crippen molar-refractivity contribution >= 4 is 30.7 Å². The van der Waals surface area contributed by atoms with Crippen molar-refractivity contribution < 1.29 is 13.9 Å². The summed E-state index contributed by atoms with van der Waals surface area (Å²) < 4.78 is 19.3. The Bertz CT molecular complexity index is 977. The number of carbonyl (C=O) groups excluding carboxylic acids is 1. The topological polar surface area (TPSA) is 36.0 Å². The van der Waals surface area contributed by atoms with Gasteiger partial charge in [-0.25, -0.2) is 4.39 Å². The average Bonchev–Trinajstić information content (AvgIpc) is 2.93. The monoisotopic (exact) mass is 595 g/mol. The molecule has 2 fully saturated rings. The number of carbonyl (C=O) groups is 1. The minimum Gasteiger partial charge on any atom is -0.493 e. The van der Waals surface area contributed by atoms with Gasteiger partial charge in [-0.05, 0) is 99.6 Å². The van der Waals surface area contributed by atoms with Crippen molar-refractivity contribution in [2.75, 3.05) is 45.9 Å². The van der Waals surface area contributed by atoms with E-state index in [0.29, 0.717) is 25.5 Å². The van der Waals surface area contributed by atoms with Crippen LogP contribution in [-0.2, 0) is 17.8 Å². The predicted molar refractivity (Wildman–Crippen MR) is 166 cm³/mol. The summed E-state index contributed by atoms with van der Waals surface area (Å²) in [7, 11) is 0. The molecule has 2 aromatic carbocycles. The molecule has 0 radical (unpaired) electrons. The summed E-state index contributed by atoms with van der Waals surface area (Å²) in [6, 6.07) is 14.7. The maximum absolute atomic E-state index is 13.6. The summed E-state index contributed by atoms with van der Waals surface area (Å²) in [6.45, 7) is 12.4. The van der Waals surface area contributed by atoms with Crippen LogP contribution in [0, 0.1) is 11.7 Å². The first-order chi connectivity index (χ1) is 18.5. The molecule has 1 amide bonds. The number of ether oxygens (including phenoxy) is 1. The van der Waals surface area contributed by atoms with Crippen LogP contribution in [0.4, 0.5) is 4.39 Å². The smallest absolute Gasteiger partial charge is 0.227 e. The van der Waals surface area contributed by atoms with E-state index >= 15 is 0 Å². The van der Waals surface area contributed by atoms with Crippen LogP contribution in [0.25, 0.3) is 0 Å². The van der Waals surface area contributed by atoms with E-state index in [4.69, 9.17) is 4.74 Å². The molecular formula is C32H48Cl2FN3O2. The summed E-state index contributed by atoms with van der Waals surface area (Å²) >= 11 is 0. The van der Waals surface area contributed by atoms with Crippen molar-refractivity contribution in [3.63, 3.8) is 0 Å². The van der Waals surface area contributed by atoms with Gasteiger partial charge in [0.25, 0.3) is 0 Å². The maximum Gasteiger partial charge on any atom is 0.227 e. The van der Waals surface area contributed by atoms with Gasteiger partial charge in [0.05, 0.1) is 13.0 Å². The average molecular weight is 597 g/mol. The van der Waals surface area contributed by atoms with Crippen LogP contribution in [-0.4, -0.2) is 72.5 Å². The molecule has 0 bridgehead atoms. The van der Waals surface area contributed by atoms with Gasteiger partial charge in [0, 0.05) is 25.7 Å². The molecule has 5 nitrogen and oxygen atoms in total. The molecule has 0 N–H and O–H groups in total. The molecule has 40 heavy (non-hydrogen) atoms. The van der Waals surface area contributed by atoms with E-state index in [1.54, 1.807) is 12.1 Å². The van der Waals surface area contributed by atoms with Crippen LogP contribution in [0.2, 0.25) is 0 Å². The van der Waals surface area contributed by atoms with Crippen LogP contribution in [0.1, 0.15) is 63.5 Å². The lowest BCUT2D eigenvalue weighted by atomic mass is 10.0. The molecule has 2 heterocycles. The molecule has 2 saturated heterocycles. The minimum atomic E-state index is -0.246. The summed E-state index contributed by atoms with van der Waals surface area (Å²) in [4.78, 5) is 20.8. The van der Waals surface area contributed by atoms with E-state index in [0.717, 1.165) is 49.4 Å². The fourth-order valence-electron chi connectivity index (χ4n) is 5.61. The molecule has 224 valence electrons. The molecule has 2 aromatic rings. The largest absolute Gasteiger partial charge is 0.493 e. The van der Waals surface area contributed by atoms with Crippen LogP contribution >= 0.6 is 24.8 Å². The molecule has 0 saturated carbocycles. The van der Waals surface area contributed by atoms with Crippen LogP contribution in [0.3, 0.4) is 0 Å². The second kappa shape index (κ2) is 17.8. The standard InChI is InChI=1S/C32H46FN3O2.2ClH/c1-26(2)25-38-31-13-9-27(10-14-31)23-32(37)36(24-28-7-11-29(33)12-8-28)30-15-21-35(22-16-30)20-6-19-34-17-4-3-5-18-34;;/h7-14,26,30H,3-6,15-25H2,1-2H3;2*1H. The molecule has 0 spiro atoms. The van der Waals surface area contributed by atoms with Crippen molar-refractivity contribution in [1.29, 1.82) is 0 Å². The maximum atomic E-state index is 13.6. The van der Waals surface area contributed by atoms with Crippen LogP contribution in [0.15, 0.2) is 48.5 Å². The highest BCUT2D eigenvalue weighted by Crippen LogP contribution is 2.22. The van der Waals surface area contributed by atoms with Gasteiger partial charge >= 0.3 is 0 Å². The summed E-state index contributed by atoms with van der Waals surface area (Å²) in [5.74, 6) is 1.20.